The highest BCUT2D eigenvalue weighted by Crippen LogP contribution is 2.04. The van der Waals surface area contributed by atoms with Crippen LogP contribution >= 0.6 is 0 Å². The van der Waals surface area contributed by atoms with Crippen LogP contribution in [0.25, 0.3) is 0 Å². The summed E-state index contributed by atoms with van der Waals surface area (Å²) >= 11 is 0. The van der Waals surface area contributed by atoms with Crippen LogP contribution in [0.3, 0.4) is 0 Å². The number of carbonyl (C=O) groups excluding carboxylic acids is 5. The van der Waals surface area contributed by atoms with Gasteiger partial charge in [0.1, 0.15) is 18.1 Å². The largest absolute Gasteiger partial charge is 0.481 e. The van der Waals surface area contributed by atoms with E-state index in [1.165, 1.54) is 0 Å². The van der Waals surface area contributed by atoms with Crippen LogP contribution in [0.15, 0.2) is 0 Å². The number of carbonyl (C=O) groups is 7. The van der Waals surface area contributed by atoms with E-state index >= 15 is 0 Å². The van der Waals surface area contributed by atoms with Crippen LogP contribution in [0.4, 0.5) is 0 Å². The van der Waals surface area contributed by atoms with Crippen molar-refractivity contribution in [2.24, 2.45) is 23.1 Å². The molecule has 0 aliphatic carbocycles. The lowest BCUT2D eigenvalue weighted by atomic mass is 10.0. The summed E-state index contributed by atoms with van der Waals surface area (Å²) in [6, 6.07) is -5.98. The maximum Gasteiger partial charge on any atom is 0.326 e. The minimum atomic E-state index is -1.70. The number of nitrogens with one attached hydrogen (secondary N) is 3. The van der Waals surface area contributed by atoms with E-state index < -0.39 is 78.5 Å². The number of hydrogen-bond acceptors (Lipinski definition) is 8. The summed E-state index contributed by atoms with van der Waals surface area (Å²) in [5.74, 6) is -8.26. The van der Waals surface area contributed by atoms with Crippen molar-refractivity contribution in [3.8, 4) is 0 Å². The molecule has 0 saturated heterocycles. The lowest BCUT2D eigenvalue weighted by Crippen LogP contribution is -2.58. The smallest absolute Gasteiger partial charge is 0.326 e. The molecule has 33 heavy (non-hydrogen) atoms. The van der Waals surface area contributed by atoms with Crippen molar-refractivity contribution >= 4 is 41.5 Å². The fraction of sp³-hybridized carbons (Fsp3) is 0.611. The van der Waals surface area contributed by atoms with Gasteiger partial charge in [-0.1, -0.05) is 13.8 Å². The molecule has 0 spiro atoms. The Morgan fingerprint density at radius 1 is 0.727 bits per heavy atom. The van der Waals surface area contributed by atoms with E-state index in [-0.39, 0.29) is 18.8 Å². The van der Waals surface area contributed by atoms with Crippen molar-refractivity contribution in [1.82, 2.24) is 16.0 Å². The van der Waals surface area contributed by atoms with Gasteiger partial charge in [0, 0.05) is 6.42 Å². The molecule has 0 heterocycles. The Morgan fingerprint density at radius 3 is 1.58 bits per heavy atom. The van der Waals surface area contributed by atoms with Gasteiger partial charge < -0.3 is 43.4 Å². The standard InChI is InChI=1S/C18H30N6O9/c1-7(2)14(21)17(31)24-10(6-13(27)28)16(30)23-9(5-12(20)26)15(29)22-8(18(32)33)3-4-11(19)25/h7-10,14H,3-6,21H2,1-2H3,(H2,19,25)(H2,20,26)(H,22,29)(H,23,30)(H,24,31)(H,27,28)(H,32,33). The van der Waals surface area contributed by atoms with Gasteiger partial charge in [-0.15, -0.1) is 0 Å². The predicted molar refractivity (Wildman–Crippen MR) is 111 cm³/mol. The highest BCUT2D eigenvalue weighted by atomic mass is 16.4. The van der Waals surface area contributed by atoms with E-state index in [1.54, 1.807) is 13.8 Å². The first-order chi connectivity index (χ1) is 15.1. The molecule has 186 valence electrons. The molecule has 11 N–H and O–H groups in total. The molecule has 0 radical (unpaired) electrons. The molecule has 15 nitrogen and oxygen atoms in total. The Labute approximate surface area is 188 Å². The zero-order chi connectivity index (χ0) is 25.9. The van der Waals surface area contributed by atoms with Crippen molar-refractivity contribution in [2.75, 3.05) is 0 Å². The van der Waals surface area contributed by atoms with Crippen LogP contribution in [-0.4, -0.2) is 75.9 Å². The van der Waals surface area contributed by atoms with E-state index in [1.807, 2.05) is 5.32 Å². The average molecular weight is 474 g/mol. The minimum absolute atomic E-state index is 0.333. The third-order valence-corrected chi connectivity index (χ3v) is 4.36. The van der Waals surface area contributed by atoms with Crippen molar-refractivity contribution in [3.63, 3.8) is 0 Å². The average Bonchev–Trinajstić information content (AvgIpc) is 2.67. The zero-order valence-corrected chi connectivity index (χ0v) is 18.2. The van der Waals surface area contributed by atoms with Gasteiger partial charge in [-0.3, -0.25) is 28.8 Å². The van der Waals surface area contributed by atoms with Gasteiger partial charge in [0.2, 0.25) is 29.5 Å². The maximum absolute atomic E-state index is 12.6. The second-order valence-electron chi connectivity index (χ2n) is 7.56. The summed E-state index contributed by atoms with van der Waals surface area (Å²) in [4.78, 5) is 81.9. The maximum atomic E-state index is 12.6. The van der Waals surface area contributed by atoms with Gasteiger partial charge in [0.05, 0.1) is 18.9 Å². The number of primary amides is 2. The number of nitrogens with two attached hydrogens (primary N) is 3. The molecule has 0 aromatic heterocycles. The topological polar surface area (TPSA) is 274 Å². The van der Waals surface area contributed by atoms with E-state index in [2.05, 4.69) is 10.6 Å². The number of carboxylic acid groups (broad SMARTS) is 2. The first kappa shape index (κ1) is 29.2. The Hall–Kier alpha value is -3.75. The summed E-state index contributed by atoms with van der Waals surface area (Å²) in [6.45, 7) is 3.25. The molecular formula is C18H30N6O9. The monoisotopic (exact) mass is 474 g/mol. The molecule has 15 heteroatoms. The summed E-state index contributed by atoms with van der Waals surface area (Å²) in [5.41, 5.74) is 15.7. The number of amides is 5. The molecule has 0 aliphatic rings. The molecule has 0 aliphatic heterocycles. The first-order valence-electron chi connectivity index (χ1n) is 9.83. The SMILES string of the molecule is CC(C)C(N)C(=O)NC(CC(=O)O)C(=O)NC(CC(N)=O)C(=O)NC(CCC(N)=O)C(=O)O. The third-order valence-electron chi connectivity index (χ3n) is 4.36. The minimum Gasteiger partial charge on any atom is -0.481 e. The van der Waals surface area contributed by atoms with Crippen molar-refractivity contribution in [3.05, 3.63) is 0 Å². The third kappa shape index (κ3) is 11.4. The van der Waals surface area contributed by atoms with Crippen LogP contribution in [0, 0.1) is 5.92 Å². The van der Waals surface area contributed by atoms with Gasteiger partial charge in [-0.05, 0) is 12.3 Å². The van der Waals surface area contributed by atoms with Gasteiger partial charge in [-0.2, -0.15) is 0 Å². The quantitative estimate of drug-likeness (QED) is 0.114. The lowest BCUT2D eigenvalue weighted by molar-refractivity contribution is -0.143. The molecule has 0 rings (SSSR count). The fourth-order valence-electron chi connectivity index (χ4n) is 2.45. The molecule has 4 unspecified atom stereocenters. The number of hydrogen-bond donors (Lipinski definition) is 8. The molecule has 0 saturated carbocycles. The summed E-state index contributed by atoms with van der Waals surface area (Å²) in [5, 5.41) is 24.5. The number of aliphatic carboxylic acids is 2. The van der Waals surface area contributed by atoms with Gasteiger partial charge in [0.25, 0.3) is 0 Å². The Morgan fingerprint density at radius 2 is 1.18 bits per heavy atom. The Bertz CT molecular complexity index is 785. The van der Waals surface area contributed by atoms with Crippen molar-refractivity contribution in [1.29, 1.82) is 0 Å². The Balaban J connectivity index is 5.56. The normalized spacial score (nSPS) is 14.3. The second-order valence-corrected chi connectivity index (χ2v) is 7.56. The molecule has 5 amide bonds. The predicted octanol–water partition coefficient (Wildman–Crippen LogP) is -3.88. The molecule has 0 fully saturated rings. The van der Waals surface area contributed by atoms with Crippen LogP contribution < -0.4 is 33.2 Å². The number of carboxylic acids is 2. The van der Waals surface area contributed by atoms with Gasteiger partial charge >= 0.3 is 11.9 Å². The van der Waals surface area contributed by atoms with Crippen LogP contribution in [0.1, 0.15) is 39.5 Å². The summed E-state index contributed by atoms with van der Waals surface area (Å²) in [6.07, 6.45) is -2.37. The fourth-order valence-corrected chi connectivity index (χ4v) is 2.45. The van der Waals surface area contributed by atoms with Gasteiger partial charge in [0.15, 0.2) is 0 Å². The Kier molecular flexibility index (Phi) is 12.1. The molecular weight excluding hydrogens is 444 g/mol. The van der Waals surface area contributed by atoms with Gasteiger partial charge in [-0.25, -0.2) is 4.79 Å². The van der Waals surface area contributed by atoms with E-state index in [9.17, 15) is 38.7 Å². The molecule has 0 aromatic carbocycles. The van der Waals surface area contributed by atoms with Crippen molar-refractivity contribution < 1.29 is 43.8 Å². The number of rotatable bonds is 15. The van der Waals surface area contributed by atoms with Crippen molar-refractivity contribution in [2.45, 2.75) is 63.7 Å². The molecule has 0 aromatic rings. The second kappa shape index (κ2) is 13.6. The highest BCUT2D eigenvalue weighted by molar-refractivity contribution is 5.97. The lowest BCUT2D eigenvalue weighted by Gasteiger charge is -2.24. The van der Waals surface area contributed by atoms with E-state index in [0.29, 0.717) is 0 Å². The highest BCUT2D eigenvalue weighted by Gasteiger charge is 2.32. The van der Waals surface area contributed by atoms with Crippen LogP contribution in [0.2, 0.25) is 0 Å². The van der Waals surface area contributed by atoms with E-state index in [0.717, 1.165) is 0 Å². The van der Waals surface area contributed by atoms with Crippen LogP contribution in [0.5, 0.6) is 0 Å². The first-order valence-corrected chi connectivity index (χ1v) is 9.83. The molecule has 0 bridgehead atoms. The van der Waals surface area contributed by atoms with Crippen LogP contribution in [-0.2, 0) is 33.6 Å². The zero-order valence-electron chi connectivity index (χ0n) is 18.2. The summed E-state index contributed by atoms with van der Waals surface area (Å²) < 4.78 is 0. The van der Waals surface area contributed by atoms with E-state index in [4.69, 9.17) is 22.3 Å². The molecule has 4 atom stereocenters. The summed E-state index contributed by atoms with van der Waals surface area (Å²) in [7, 11) is 0.